The van der Waals surface area contributed by atoms with Crippen LogP contribution < -0.4 is 14.8 Å². The Kier molecular flexibility index (Phi) is 4.22. The molecule has 1 aromatic heterocycles. The number of hydrogen-bond acceptors (Lipinski definition) is 4. The van der Waals surface area contributed by atoms with Crippen molar-refractivity contribution in [2.75, 3.05) is 5.32 Å². The number of carbonyl (C=O) groups excluding carboxylic acids is 1. The molecule has 1 atom stereocenters. The average molecular weight is 436 g/mol. The van der Waals surface area contributed by atoms with E-state index in [9.17, 15) is 17.8 Å². The van der Waals surface area contributed by atoms with E-state index in [2.05, 4.69) is 15.1 Å². The average Bonchev–Trinajstić information content (AvgIpc) is 3.35. The van der Waals surface area contributed by atoms with Crippen molar-refractivity contribution in [1.29, 1.82) is 0 Å². The highest BCUT2D eigenvalue weighted by atomic mass is 32.2. The molecule has 160 valence electrons. The van der Waals surface area contributed by atoms with Gasteiger partial charge in [0.25, 0.3) is 5.92 Å². The van der Waals surface area contributed by atoms with Crippen LogP contribution >= 0.6 is 0 Å². The Morgan fingerprint density at radius 3 is 2.83 bits per heavy atom. The SMILES string of the molecule is CC1(C)Cn2ncc(S(=O)NC(=O)Nc3c4c(cc5c3CC(F)(F)C5)CCC4)c2O1. The molecule has 2 aromatic rings. The third kappa shape index (κ3) is 3.27. The Balaban J connectivity index is 1.37. The molecule has 1 aromatic carbocycles. The van der Waals surface area contributed by atoms with Crippen molar-refractivity contribution >= 4 is 22.7 Å². The molecule has 0 radical (unpaired) electrons. The topological polar surface area (TPSA) is 85.2 Å². The van der Waals surface area contributed by atoms with E-state index in [0.29, 0.717) is 29.2 Å². The maximum atomic E-state index is 14.0. The van der Waals surface area contributed by atoms with E-state index in [1.54, 1.807) is 4.68 Å². The van der Waals surface area contributed by atoms with Crippen LogP contribution in [-0.2, 0) is 43.2 Å². The van der Waals surface area contributed by atoms with Gasteiger partial charge in [-0.05, 0) is 55.4 Å². The van der Waals surface area contributed by atoms with Crippen molar-refractivity contribution in [3.63, 3.8) is 0 Å². The normalized spacial score (nSPS) is 20.8. The van der Waals surface area contributed by atoms with E-state index < -0.39 is 35.0 Å². The molecule has 0 saturated carbocycles. The van der Waals surface area contributed by atoms with Crippen LogP contribution in [0.1, 0.15) is 42.5 Å². The Labute approximate surface area is 174 Å². The fourth-order valence-corrected chi connectivity index (χ4v) is 5.37. The minimum absolute atomic E-state index is 0.269. The van der Waals surface area contributed by atoms with Crippen molar-refractivity contribution in [2.24, 2.45) is 0 Å². The molecule has 7 nitrogen and oxygen atoms in total. The lowest BCUT2D eigenvalue weighted by molar-refractivity contribution is 0.0131. The van der Waals surface area contributed by atoms with Crippen LogP contribution in [0, 0.1) is 0 Å². The summed E-state index contributed by atoms with van der Waals surface area (Å²) in [6, 6.07) is 1.15. The predicted octanol–water partition coefficient (Wildman–Crippen LogP) is 3.12. The van der Waals surface area contributed by atoms with Gasteiger partial charge in [-0.3, -0.25) is 4.72 Å². The number of hydrogen-bond donors (Lipinski definition) is 2. The van der Waals surface area contributed by atoms with Crippen molar-refractivity contribution in [2.45, 2.75) is 68.9 Å². The van der Waals surface area contributed by atoms with E-state index in [0.717, 1.165) is 30.4 Å². The minimum atomic E-state index is -2.81. The number of halogens is 2. The first-order valence-corrected chi connectivity index (χ1v) is 11.1. The molecular formula is C20H22F2N4O3S. The van der Waals surface area contributed by atoms with Crippen LogP contribution in [0.15, 0.2) is 17.2 Å². The number of carbonyl (C=O) groups is 1. The summed E-state index contributed by atoms with van der Waals surface area (Å²) in [7, 11) is -1.90. The predicted molar refractivity (Wildman–Crippen MR) is 106 cm³/mol. The van der Waals surface area contributed by atoms with E-state index in [1.165, 1.54) is 6.20 Å². The van der Waals surface area contributed by atoms with Gasteiger partial charge in [0, 0.05) is 18.5 Å². The number of ether oxygens (including phenoxy) is 1. The third-order valence-corrected chi connectivity index (χ3v) is 6.82. The zero-order chi connectivity index (χ0) is 21.3. The summed E-state index contributed by atoms with van der Waals surface area (Å²) >= 11 is 0. The molecule has 1 aliphatic heterocycles. The number of anilines is 1. The number of alkyl halides is 2. The fourth-order valence-electron chi connectivity index (χ4n) is 4.59. The zero-order valence-corrected chi connectivity index (χ0v) is 17.5. The summed E-state index contributed by atoms with van der Waals surface area (Å²) in [5, 5.41) is 6.87. The van der Waals surface area contributed by atoms with E-state index in [1.807, 2.05) is 19.9 Å². The molecule has 2 N–H and O–H groups in total. The van der Waals surface area contributed by atoms with Gasteiger partial charge in [0.2, 0.25) is 5.88 Å². The summed E-state index contributed by atoms with van der Waals surface area (Å²) in [6.45, 7) is 4.30. The number of amides is 2. The monoisotopic (exact) mass is 436 g/mol. The van der Waals surface area contributed by atoms with Gasteiger partial charge in [0.1, 0.15) is 10.5 Å². The van der Waals surface area contributed by atoms with E-state index in [-0.39, 0.29) is 11.3 Å². The molecule has 10 heteroatoms. The smallest absolute Gasteiger partial charge is 0.331 e. The van der Waals surface area contributed by atoms with Crippen LogP contribution in [0.5, 0.6) is 5.88 Å². The molecule has 2 amide bonds. The first-order chi connectivity index (χ1) is 14.1. The second-order valence-electron chi connectivity index (χ2n) is 8.75. The summed E-state index contributed by atoms with van der Waals surface area (Å²) < 4.78 is 50.6. The lowest BCUT2D eigenvalue weighted by atomic mass is 9.99. The third-order valence-electron chi connectivity index (χ3n) is 5.77. The molecule has 5 rings (SSSR count). The van der Waals surface area contributed by atoms with Crippen molar-refractivity contribution < 1.29 is 22.5 Å². The van der Waals surface area contributed by atoms with Gasteiger partial charge >= 0.3 is 6.03 Å². The molecule has 2 aliphatic carbocycles. The first-order valence-electron chi connectivity index (χ1n) is 9.90. The first kappa shape index (κ1) is 19.5. The Morgan fingerprint density at radius 1 is 1.23 bits per heavy atom. The molecule has 0 spiro atoms. The number of aryl methyl sites for hydroxylation is 1. The lowest BCUT2D eigenvalue weighted by Gasteiger charge is -2.17. The molecule has 0 saturated heterocycles. The van der Waals surface area contributed by atoms with Gasteiger partial charge < -0.3 is 10.1 Å². The van der Waals surface area contributed by atoms with Gasteiger partial charge in [-0.15, -0.1) is 0 Å². The second kappa shape index (κ2) is 6.50. The van der Waals surface area contributed by atoms with Gasteiger partial charge in [-0.2, -0.15) is 5.10 Å². The minimum Gasteiger partial charge on any atom is -0.469 e. The summed E-state index contributed by atoms with van der Waals surface area (Å²) in [5.41, 5.74) is 2.96. The zero-order valence-electron chi connectivity index (χ0n) is 16.7. The maximum absolute atomic E-state index is 14.0. The second-order valence-corrected chi connectivity index (χ2v) is 9.93. The van der Waals surface area contributed by atoms with Crippen LogP contribution in [-0.4, -0.2) is 31.5 Å². The Hall–Kier alpha value is -2.49. The number of urea groups is 1. The number of rotatable bonds is 3. The van der Waals surface area contributed by atoms with Crippen LogP contribution in [0.4, 0.5) is 19.3 Å². The Morgan fingerprint density at radius 2 is 2.03 bits per heavy atom. The lowest BCUT2D eigenvalue weighted by Crippen LogP contribution is -2.32. The molecule has 0 bridgehead atoms. The quantitative estimate of drug-likeness (QED) is 0.774. The van der Waals surface area contributed by atoms with Crippen LogP contribution in [0.3, 0.4) is 0 Å². The number of benzene rings is 1. The number of aromatic nitrogens is 2. The van der Waals surface area contributed by atoms with Gasteiger partial charge in [-0.25, -0.2) is 22.5 Å². The Bertz CT molecular complexity index is 1100. The van der Waals surface area contributed by atoms with E-state index >= 15 is 0 Å². The summed E-state index contributed by atoms with van der Waals surface area (Å²) in [6.07, 6.45) is 3.16. The van der Waals surface area contributed by atoms with Gasteiger partial charge in [0.05, 0.1) is 12.7 Å². The highest BCUT2D eigenvalue weighted by molar-refractivity contribution is 7.83. The highest BCUT2D eigenvalue weighted by Gasteiger charge is 2.41. The maximum Gasteiger partial charge on any atom is 0.331 e. The summed E-state index contributed by atoms with van der Waals surface area (Å²) in [4.78, 5) is 12.9. The highest BCUT2D eigenvalue weighted by Crippen LogP contribution is 2.43. The molecule has 2 heterocycles. The van der Waals surface area contributed by atoms with Crippen molar-refractivity contribution in [3.05, 3.63) is 34.5 Å². The molecule has 0 fully saturated rings. The van der Waals surface area contributed by atoms with Crippen molar-refractivity contribution in [3.8, 4) is 5.88 Å². The largest absolute Gasteiger partial charge is 0.469 e. The molecule has 1 unspecified atom stereocenters. The molecule has 30 heavy (non-hydrogen) atoms. The molecule has 3 aliphatic rings. The standard InChI is InChI=1S/C20H22F2N4O3S/c1-19(2)10-26-17(29-19)15(9-23-26)30(28)25-18(27)24-16-13-5-3-4-11(13)6-12-7-20(21,22)8-14(12)16/h6,9H,3-5,7-8,10H2,1-2H3,(H2,24,25,27). The number of nitrogens with one attached hydrogen (secondary N) is 2. The van der Waals surface area contributed by atoms with Gasteiger partial charge in [-0.1, -0.05) is 6.07 Å². The number of fused-ring (bicyclic) bond motifs is 3. The molecular weight excluding hydrogens is 414 g/mol. The van der Waals surface area contributed by atoms with Crippen LogP contribution in [0.2, 0.25) is 0 Å². The van der Waals surface area contributed by atoms with Gasteiger partial charge in [0.15, 0.2) is 11.0 Å². The van der Waals surface area contributed by atoms with Crippen molar-refractivity contribution in [1.82, 2.24) is 14.5 Å². The number of nitrogens with zero attached hydrogens (tertiary/aromatic N) is 2. The fraction of sp³-hybridized carbons (Fsp3) is 0.500. The summed E-state index contributed by atoms with van der Waals surface area (Å²) in [5.74, 6) is -2.45. The van der Waals surface area contributed by atoms with Crippen LogP contribution in [0.25, 0.3) is 0 Å². The van der Waals surface area contributed by atoms with E-state index in [4.69, 9.17) is 4.74 Å².